The van der Waals surface area contributed by atoms with Crippen LogP contribution in [0.25, 0.3) is 0 Å². The highest BCUT2D eigenvalue weighted by molar-refractivity contribution is 5.89. The van der Waals surface area contributed by atoms with Gasteiger partial charge in [0.15, 0.2) is 0 Å². The number of nitrogens with two attached hydrogens (primary N) is 1. The van der Waals surface area contributed by atoms with Crippen molar-refractivity contribution in [3.8, 4) is 6.07 Å². The summed E-state index contributed by atoms with van der Waals surface area (Å²) in [6.45, 7) is 2.26. The summed E-state index contributed by atoms with van der Waals surface area (Å²) in [6, 6.07) is 8.92. The summed E-state index contributed by atoms with van der Waals surface area (Å²) in [6.07, 6.45) is 3.07. The van der Waals surface area contributed by atoms with E-state index in [9.17, 15) is 4.79 Å². The molecule has 106 valence electrons. The van der Waals surface area contributed by atoms with Gasteiger partial charge in [0.2, 0.25) is 0 Å². The van der Waals surface area contributed by atoms with Crippen LogP contribution in [0.1, 0.15) is 24.8 Å². The number of piperidine rings is 1. The molecule has 0 saturated carbocycles. The molecule has 0 atom stereocenters. The van der Waals surface area contributed by atoms with Gasteiger partial charge in [0.25, 0.3) is 0 Å². The molecular weight excluding hydrogens is 252 g/mol. The number of benzene rings is 1. The Kier molecular flexibility index (Phi) is 4.97. The maximum atomic E-state index is 12.1. The average molecular weight is 272 g/mol. The first-order chi connectivity index (χ1) is 9.72. The molecule has 0 aliphatic carbocycles. The SMILES string of the molecule is N#Cc1cccc(NC(=O)N2CCC(CCN)CC2)c1. The smallest absolute Gasteiger partial charge is 0.321 e. The molecule has 3 N–H and O–H groups in total. The third-order valence-corrected chi connectivity index (χ3v) is 3.72. The molecule has 1 saturated heterocycles. The summed E-state index contributed by atoms with van der Waals surface area (Å²) in [5.74, 6) is 0.644. The van der Waals surface area contributed by atoms with E-state index < -0.39 is 0 Å². The van der Waals surface area contributed by atoms with Gasteiger partial charge in [-0.25, -0.2) is 4.79 Å². The van der Waals surface area contributed by atoms with Crippen LogP contribution in [0.5, 0.6) is 0 Å². The van der Waals surface area contributed by atoms with Gasteiger partial charge in [0, 0.05) is 18.8 Å². The molecule has 0 radical (unpaired) electrons. The second kappa shape index (κ2) is 6.92. The van der Waals surface area contributed by atoms with Crippen LogP contribution in [0.3, 0.4) is 0 Å². The molecule has 1 aliphatic heterocycles. The van der Waals surface area contributed by atoms with Gasteiger partial charge >= 0.3 is 6.03 Å². The Morgan fingerprint density at radius 2 is 2.20 bits per heavy atom. The second-order valence-corrected chi connectivity index (χ2v) is 5.13. The molecule has 0 unspecified atom stereocenters. The largest absolute Gasteiger partial charge is 0.330 e. The number of likely N-dealkylation sites (tertiary alicyclic amines) is 1. The third kappa shape index (κ3) is 3.72. The van der Waals surface area contributed by atoms with Crippen LogP contribution in [0.2, 0.25) is 0 Å². The number of nitrogens with zero attached hydrogens (tertiary/aromatic N) is 2. The molecule has 5 nitrogen and oxygen atoms in total. The fourth-order valence-electron chi connectivity index (χ4n) is 2.53. The second-order valence-electron chi connectivity index (χ2n) is 5.13. The van der Waals surface area contributed by atoms with Crippen LogP contribution in [0, 0.1) is 17.2 Å². The van der Waals surface area contributed by atoms with Crippen LogP contribution in [0.4, 0.5) is 10.5 Å². The summed E-state index contributed by atoms with van der Waals surface area (Å²) in [5, 5.41) is 11.7. The van der Waals surface area contributed by atoms with Gasteiger partial charge in [0.1, 0.15) is 0 Å². The van der Waals surface area contributed by atoms with E-state index in [0.717, 1.165) is 38.9 Å². The molecule has 20 heavy (non-hydrogen) atoms. The number of amides is 2. The molecule has 1 aromatic carbocycles. The lowest BCUT2D eigenvalue weighted by atomic mass is 9.94. The maximum absolute atomic E-state index is 12.1. The fraction of sp³-hybridized carbons (Fsp3) is 0.467. The number of carbonyl (C=O) groups excluding carboxylic acids is 1. The number of urea groups is 1. The van der Waals surface area contributed by atoms with E-state index in [1.54, 1.807) is 24.3 Å². The van der Waals surface area contributed by atoms with Crippen LogP contribution >= 0.6 is 0 Å². The van der Waals surface area contributed by atoms with Crippen LogP contribution < -0.4 is 11.1 Å². The topological polar surface area (TPSA) is 82.2 Å². The van der Waals surface area contributed by atoms with Crippen LogP contribution in [-0.2, 0) is 0 Å². The molecule has 1 fully saturated rings. The third-order valence-electron chi connectivity index (χ3n) is 3.72. The zero-order valence-electron chi connectivity index (χ0n) is 11.5. The summed E-state index contributed by atoms with van der Waals surface area (Å²) < 4.78 is 0. The number of hydrogen-bond donors (Lipinski definition) is 2. The van der Waals surface area contributed by atoms with Crippen LogP contribution in [-0.4, -0.2) is 30.6 Å². The van der Waals surface area contributed by atoms with Crippen molar-refractivity contribution in [1.82, 2.24) is 4.90 Å². The van der Waals surface area contributed by atoms with Gasteiger partial charge in [-0.15, -0.1) is 0 Å². The number of nitrogens with one attached hydrogen (secondary N) is 1. The predicted octanol–water partition coefficient (Wildman–Crippen LogP) is 2.15. The van der Waals surface area contributed by atoms with Gasteiger partial charge in [-0.3, -0.25) is 0 Å². The lowest BCUT2D eigenvalue weighted by Gasteiger charge is -2.31. The van der Waals surface area contributed by atoms with Gasteiger partial charge < -0.3 is 16.0 Å². The quantitative estimate of drug-likeness (QED) is 0.884. The van der Waals surface area contributed by atoms with Gasteiger partial charge in [0.05, 0.1) is 11.6 Å². The Balaban J connectivity index is 1.88. The van der Waals surface area contributed by atoms with Gasteiger partial charge in [-0.05, 0) is 49.9 Å². The van der Waals surface area contributed by atoms with Crippen molar-refractivity contribution in [3.05, 3.63) is 29.8 Å². The van der Waals surface area contributed by atoms with E-state index in [-0.39, 0.29) is 6.03 Å². The van der Waals surface area contributed by atoms with Crippen molar-refractivity contribution in [2.75, 3.05) is 25.0 Å². The Bertz CT molecular complexity index is 501. The molecular formula is C15H20N4O. The van der Waals surface area contributed by atoms with Gasteiger partial charge in [-0.1, -0.05) is 6.07 Å². The van der Waals surface area contributed by atoms with Gasteiger partial charge in [-0.2, -0.15) is 5.26 Å². The van der Waals surface area contributed by atoms with E-state index in [0.29, 0.717) is 17.2 Å². The molecule has 1 aliphatic rings. The summed E-state index contributed by atoms with van der Waals surface area (Å²) >= 11 is 0. The standard InChI is InChI=1S/C15H20N4O/c16-7-4-12-5-8-19(9-6-12)15(20)18-14-3-1-2-13(10-14)11-17/h1-3,10,12H,4-9,16H2,(H,18,20). The van der Waals surface area contributed by atoms with E-state index >= 15 is 0 Å². The average Bonchev–Trinajstić information content (AvgIpc) is 2.48. The minimum absolute atomic E-state index is 0.0914. The van der Waals surface area contributed by atoms with Crippen molar-refractivity contribution in [2.45, 2.75) is 19.3 Å². The van der Waals surface area contributed by atoms with E-state index in [1.807, 2.05) is 4.90 Å². The Morgan fingerprint density at radius 3 is 2.85 bits per heavy atom. The summed E-state index contributed by atoms with van der Waals surface area (Å²) in [7, 11) is 0. The number of anilines is 1. The zero-order valence-corrected chi connectivity index (χ0v) is 11.5. The van der Waals surface area contributed by atoms with Crippen molar-refractivity contribution >= 4 is 11.7 Å². The molecule has 0 bridgehead atoms. The highest BCUT2D eigenvalue weighted by Crippen LogP contribution is 2.20. The van der Waals surface area contributed by atoms with Crippen molar-refractivity contribution < 1.29 is 4.79 Å². The number of rotatable bonds is 3. The van der Waals surface area contributed by atoms with Crippen LogP contribution in [0.15, 0.2) is 24.3 Å². The van der Waals surface area contributed by atoms with Crippen molar-refractivity contribution in [2.24, 2.45) is 11.7 Å². The molecule has 1 heterocycles. The first kappa shape index (κ1) is 14.4. The van der Waals surface area contributed by atoms with E-state index in [1.165, 1.54) is 0 Å². The Labute approximate surface area is 119 Å². The Hall–Kier alpha value is -2.06. The lowest BCUT2D eigenvalue weighted by molar-refractivity contribution is 0.180. The van der Waals surface area contributed by atoms with E-state index in [2.05, 4.69) is 11.4 Å². The summed E-state index contributed by atoms with van der Waals surface area (Å²) in [5.41, 5.74) is 6.77. The molecule has 2 amide bonds. The van der Waals surface area contributed by atoms with Crippen molar-refractivity contribution in [3.63, 3.8) is 0 Å². The number of hydrogen-bond acceptors (Lipinski definition) is 3. The zero-order chi connectivity index (χ0) is 14.4. The fourth-order valence-corrected chi connectivity index (χ4v) is 2.53. The minimum atomic E-state index is -0.0914. The maximum Gasteiger partial charge on any atom is 0.321 e. The molecule has 0 spiro atoms. The number of nitriles is 1. The lowest BCUT2D eigenvalue weighted by Crippen LogP contribution is -2.41. The van der Waals surface area contributed by atoms with Crippen molar-refractivity contribution in [1.29, 1.82) is 5.26 Å². The molecule has 5 heteroatoms. The first-order valence-electron chi connectivity index (χ1n) is 6.99. The molecule has 2 rings (SSSR count). The predicted molar refractivity (Wildman–Crippen MR) is 78.1 cm³/mol. The number of carbonyl (C=O) groups is 1. The molecule has 1 aromatic rings. The Morgan fingerprint density at radius 1 is 1.45 bits per heavy atom. The molecule has 0 aromatic heterocycles. The summed E-state index contributed by atoms with van der Waals surface area (Å²) in [4.78, 5) is 14.0. The monoisotopic (exact) mass is 272 g/mol. The normalized spacial score (nSPS) is 15.7. The highest BCUT2D eigenvalue weighted by atomic mass is 16.2. The first-order valence-corrected chi connectivity index (χ1v) is 6.99. The van der Waals surface area contributed by atoms with E-state index in [4.69, 9.17) is 11.0 Å². The highest BCUT2D eigenvalue weighted by Gasteiger charge is 2.22. The minimum Gasteiger partial charge on any atom is -0.330 e.